The van der Waals surface area contributed by atoms with E-state index in [0.29, 0.717) is 11.1 Å². The third kappa shape index (κ3) is 2.97. The highest BCUT2D eigenvalue weighted by Crippen LogP contribution is 2.33. The first-order valence-corrected chi connectivity index (χ1v) is 9.06. The van der Waals surface area contributed by atoms with E-state index in [1.165, 1.54) is 6.42 Å². The van der Waals surface area contributed by atoms with Gasteiger partial charge in [-0.05, 0) is 37.8 Å². The smallest absolute Gasteiger partial charge is 0.254 e. The Morgan fingerprint density at radius 1 is 1.04 bits per heavy atom. The van der Waals surface area contributed by atoms with Crippen LogP contribution in [0.15, 0.2) is 24.3 Å². The number of aryl methyl sites for hydroxylation is 1. The Hall–Kier alpha value is -2.50. The maximum absolute atomic E-state index is 13.0. The molecule has 1 saturated heterocycles. The molecule has 2 aromatic rings. The molecule has 6 heteroatoms. The van der Waals surface area contributed by atoms with Crippen molar-refractivity contribution in [2.24, 2.45) is 0 Å². The quantitative estimate of drug-likeness (QED) is 0.807. The minimum atomic E-state index is -0.00222. The molecule has 1 aromatic carbocycles. The number of fused-ring (bicyclic) bond motifs is 1. The molecule has 130 valence electrons. The van der Waals surface area contributed by atoms with Crippen LogP contribution in [-0.4, -0.2) is 38.4 Å². The monoisotopic (exact) mass is 338 g/mol. The third-order valence-corrected chi connectivity index (χ3v) is 5.24. The molecule has 1 atom stereocenters. The van der Waals surface area contributed by atoms with Crippen LogP contribution in [-0.2, 0) is 13.0 Å². The molecule has 1 amide bonds. The summed E-state index contributed by atoms with van der Waals surface area (Å²) in [4.78, 5) is 25.7. The normalized spacial score (nSPS) is 20.2. The minimum absolute atomic E-state index is 0.00222. The van der Waals surface area contributed by atoms with Gasteiger partial charge in [0.05, 0.1) is 6.04 Å². The highest BCUT2D eigenvalue weighted by Gasteiger charge is 2.34. The Morgan fingerprint density at radius 2 is 1.88 bits per heavy atom. The van der Waals surface area contributed by atoms with Crippen LogP contribution in [0.3, 0.4) is 0 Å². The molecular formula is C19H22N4O2. The topological polar surface area (TPSA) is 68.1 Å². The minimum Gasteiger partial charge on any atom is -0.328 e. The van der Waals surface area contributed by atoms with Crippen molar-refractivity contribution in [3.8, 4) is 0 Å². The van der Waals surface area contributed by atoms with Crippen molar-refractivity contribution < 1.29 is 9.59 Å². The lowest BCUT2D eigenvalue weighted by molar-refractivity contribution is 0.0726. The summed E-state index contributed by atoms with van der Waals surface area (Å²) in [7, 11) is 0. The van der Waals surface area contributed by atoms with Gasteiger partial charge >= 0.3 is 0 Å². The molecule has 0 N–H and O–H groups in total. The molecule has 0 unspecified atom stereocenters. The van der Waals surface area contributed by atoms with Crippen molar-refractivity contribution in [2.75, 3.05) is 6.54 Å². The number of aldehydes is 1. The number of nitrogens with zero attached hydrogens (tertiary/aromatic N) is 4. The van der Waals surface area contributed by atoms with E-state index in [4.69, 9.17) is 0 Å². The van der Waals surface area contributed by atoms with E-state index in [2.05, 4.69) is 14.8 Å². The molecule has 0 aliphatic carbocycles. The molecule has 0 radical (unpaired) electrons. The Bertz CT molecular complexity index is 781. The van der Waals surface area contributed by atoms with Gasteiger partial charge in [-0.1, -0.05) is 18.6 Å². The fourth-order valence-electron chi connectivity index (χ4n) is 3.90. The number of carbonyl (C=O) groups excluding carboxylic acids is 2. The van der Waals surface area contributed by atoms with Crippen LogP contribution in [0.1, 0.15) is 70.5 Å². The number of rotatable bonds is 3. The van der Waals surface area contributed by atoms with Crippen LogP contribution in [0.5, 0.6) is 0 Å². The van der Waals surface area contributed by atoms with Crippen LogP contribution in [0, 0.1) is 0 Å². The average Bonchev–Trinajstić information content (AvgIpc) is 3.22. The predicted molar refractivity (Wildman–Crippen MR) is 92.4 cm³/mol. The van der Waals surface area contributed by atoms with Gasteiger partial charge in [-0.25, -0.2) is 0 Å². The van der Waals surface area contributed by atoms with Crippen molar-refractivity contribution in [3.63, 3.8) is 0 Å². The summed E-state index contributed by atoms with van der Waals surface area (Å²) in [6, 6.07) is 6.83. The summed E-state index contributed by atoms with van der Waals surface area (Å²) in [5, 5.41) is 8.83. The molecule has 2 aliphatic heterocycles. The van der Waals surface area contributed by atoms with E-state index < -0.39 is 0 Å². The summed E-state index contributed by atoms with van der Waals surface area (Å²) >= 11 is 0. The fraction of sp³-hybridized carbons (Fsp3) is 0.474. The van der Waals surface area contributed by atoms with Crippen LogP contribution in [0.2, 0.25) is 0 Å². The Morgan fingerprint density at radius 3 is 2.68 bits per heavy atom. The highest BCUT2D eigenvalue weighted by atomic mass is 16.2. The molecular weight excluding hydrogens is 316 g/mol. The molecule has 2 aliphatic rings. The van der Waals surface area contributed by atoms with Gasteiger partial charge in [-0.3, -0.25) is 9.59 Å². The fourth-order valence-corrected chi connectivity index (χ4v) is 3.90. The van der Waals surface area contributed by atoms with Gasteiger partial charge < -0.3 is 9.47 Å². The standard InChI is InChI=1S/C19H22N4O2/c24-13-14-7-9-15(10-8-14)19(25)22-12-4-5-16(22)18-21-20-17-6-2-1-3-11-23(17)18/h7-10,13,16H,1-6,11-12H2/t16-/m1/s1. The number of carbonyl (C=O) groups is 2. The van der Waals surface area contributed by atoms with Gasteiger partial charge in [0.1, 0.15) is 12.1 Å². The lowest BCUT2D eigenvalue weighted by Crippen LogP contribution is -2.32. The van der Waals surface area contributed by atoms with E-state index in [0.717, 1.165) is 63.1 Å². The lowest BCUT2D eigenvalue weighted by Gasteiger charge is -2.25. The number of amides is 1. The summed E-state index contributed by atoms with van der Waals surface area (Å²) in [5.74, 6) is 2.00. The lowest BCUT2D eigenvalue weighted by atomic mass is 10.1. The summed E-state index contributed by atoms with van der Waals surface area (Å²) in [6.45, 7) is 1.69. The Labute approximate surface area is 146 Å². The second-order valence-corrected chi connectivity index (χ2v) is 6.83. The van der Waals surface area contributed by atoms with Gasteiger partial charge in [0.25, 0.3) is 5.91 Å². The number of benzene rings is 1. The summed E-state index contributed by atoms with van der Waals surface area (Å²) in [6.07, 6.45) is 7.19. The van der Waals surface area contributed by atoms with Crippen LogP contribution >= 0.6 is 0 Å². The zero-order valence-corrected chi connectivity index (χ0v) is 14.2. The molecule has 6 nitrogen and oxygen atoms in total. The molecule has 0 spiro atoms. The van der Waals surface area contributed by atoms with E-state index >= 15 is 0 Å². The van der Waals surface area contributed by atoms with Gasteiger partial charge in [0.15, 0.2) is 5.82 Å². The Balaban J connectivity index is 1.61. The van der Waals surface area contributed by atoms with E-state index in [1.54, 1.807) is 24.3 Å². The predicted octanol–water partition coefficient (Wildman–Crippen LogP) is 2.79. The van der Waals surface area contributed by atoms with Crippen LogP contribution in [0.4, 0.5) is 0 Å². The third-order valence-electron chi connectivity index (χ3n) is 5.24. The van der Waals surface area contributed by atoms with E-state index in [1.807, 2.05) is 4.90 Å². The molecule has 1 fully saturated rings. The zero-order valence-electron chi connectivity index (χ0n) is 14.2. The summed E-state index contributed by atoms with van der Waals surface area (Å²) < 4.78 is 2.23. The molecule has 25 heavy (non-hydrogen) atoms. The van der Waals surface area contributed by atoms with Crippen molar-refractivity contribution >= 4 is 12.2 Å². The second-order valence-electron chi connectivity index (χ2n) is 6.83. The number of hydrogen-bond acceptors (Lipinski definition) is 4. The van der Waals surface area contributed by atoms with Gasteiger partial charge in [-0.2, -0.15) is 0 Å². The number of likely N-dealkylation sites (tertiary alicyclic amines) is 1. The van der Waals surface area contributed by atoms with Crippen LogP contribution < -0.4 is 0 Å². The molecule has 0 saturated carbocycles. The molecule has 1 aromatic heterocycles. The van der Waals surface area contributed by atoms with Gasteiger partial charge in [-0.15, -0.1) is 10.2 Å². The summed E-state index contributed by atoms with van der Waals surface area (Å²) in [5.41, 5.74) is 1.20. The molecule has 3 heterocycles. The van der Waals surface area contributed by atoms with Crippen molar-refractivity contribution in [2.45, 2.75) is 51.1 Å². The maximum Gasteiger partial charge on any atom is 0.254 e. The number of hydrogen-bond donors (Lipinski definition) is 0. The first-order valence-electron chi connectivity index (χ1n) is 9.06. The van der Waals surface area contributed by atoms with Crippen molar-refractivity contribution in [3.05, 3.63) is 47.0 Å². The SMILES string of the molecule is O=Cc1ccc(C(=O)N2CCC[C@@H]2c2nnc3n2CCCCC3)cc1. The first kappa shape index (κ1) is 16.0. The average molecular weight is 338 g/mol. The van der Waals surface area contributed by atoms with E-state index in [9.17, 15) is 9.59 Å². The maximum atomic E-state index is 13.0. The number of aromatic nitrogens is 3. The Kier molecular flexibility index (Phi) is 4.34. The highest BCUT2D eigenvalue weighted by molar-refractivity contribution is 5.95. The van der Waals surface area contributed by atoms with Gasteiger partial charge in [0.2, 0.25) is 0 Å². The molecule has 4 rings (SSSR count). The largest absolute Gasteiger partial charge is 0.328 e. The zero-order chi connectivity index (χ0) is 17.2. The molecule has 0 bridgehead atoms. The van der Waals surface area contributed by atoms with Gasteiger partial charge in [0, 0.05) is 30.6 Å². The van der Waals surface area contributed by atoms with Crippen molar-refractivity contribution in [1.29, 1.82) is 0 Å². The second kappa shape index (κ2) is 6.78. The van der Waals surface area contributed by atoms with E-state index in [-0.39, 0.29) is 11.9 Å². The van der Waals surface area contributed by atoms with Crippen LogP contribution in [0.25, 0.3) is 0 Å². The van der Waals surface area contributed by atoms with Crippen molar-refractivity contribution in [1.82, 2.24) is 19.7 Å². The first-order chi connectivity index (χ1) is 12.3.